The van der Waals surface area contributed by atoms with Crippen LogP contribution in [0.1, 0.15) is 36.9 Å². The number of rotatable bonds is 4. The summed E-state index contributed by atoms with van der Waals surface area (Å²) in [4.78, 5) is 12.6. The molecule has 0 spiro atoms. The third kappa shape index (κ3) is 3.96. The molecule has 1 aliphatic rings. The Morgan fingerprint density at radius 1 is 1.38 bits per heavy atom. The maximum Gasteiger partial charge on any atom is 0.228 e. The Morgan fingerprint density at radius 3 is 2.57 bits per heavy atom. The summed E-state index contributed by atoms with van der Waals surface area (Å²) in [6.07, 6.45) is 1.41. The zero-order valence-corrected chi connectivity index (χ0v) is 13.5. The summed E-state index contributed by atoms with van der Waals surface area (Å²) < 4.78 is 5.35. The van der Waals surface area contributed by atoms with Crippen molar-refractivity contribution >= 4 is 18.3 Å². The first kappa shape index (κ1) is 18.0. The standard InChI is InChI=1S/C16H24N2O2.ClH/c1-12-5-3-4-6-14(12)13(2)18-15(19)16(11-17)7-9-20-10-8-16;/h3-6,13H,7-11,17H2,1-2H3,(H,18,19);1H. The zero-order chi connectivity index (χ0) is 14.6. The largest absolute Gasteiger partial charge is 0.381 e. The van der Waals surface area contributed by atoms with E-state index in [1.165, 1.54) is 5.56 Å². The van der Waals surface area contributed by atoms with E-state index in [1.807, 2.05) is 19.1 Å². The number of carbonyl (C=O) groups is 1. The minimum absolute atomic E-state index is 0. The summed E-state index contributed by atoms with van der Waals surface area (Å²) >= 11 is 0. The van der Waals surface area contributed by atoms with Crippen molar-refractivity contribution in [1.29, 1.82) is 0 Å². The van der Waals surface area contributed by atoms with Gasteiger partial charge in [0.15, 0.2) is 0 Å². The highest BCUT2D eigenvalue weighted by atomic mass is 35.5. The highest BCUT2D eigenvalue weighted by Gasteiger charge is 2.39. The lowest BCUT2D eigenvalue weighted by molar-refractivity contribution is -0.136. The quantitative estimate of drug-likeness (QED) is 0.897. The average molecular weight is 313 g/mol. The number of nitrogens with two attached hydrogens (primary N) is 1. The highest BCUT2D eigenvalue weighted by molar-refractivity contribution is 5.85. The van der Waals surface area contributed by atoms with Crippen LogP contribution < -0.4 is 11.1 Å². The van der Waals surface area contributed by atoms with E-state index in [9.17, 15) is 4.79 Å². The van der Waals surface area contributed by atoms with Gasteiger partial charge < -0.3 is 15.8 Å². The summed E-state index contributed by atoms with van der Waals surface area (Å²) in [6.45, 7) is 5.68. The molecule has 0 bridgehead atoms. The van der Waals surface area contributed by atoms with Crippen molar-refractivity contribution in [3.8, 4) is 0 Å². The third-order valence-electron chi connectivity index (χ3n) is 4.32. The minimum atomic E-state index is -0.463. The molecule has 0 aliphatic carbocycles. The van der Waals surface area contributed by atoms with E-state index in [4.69, 9.17) is 10.5 Å². The van der Waals surface area contributed by atoms with Crippen LogP contribution in [-0.4, -0.2) is 25.7 Å². The fraction of sp³-hybridized carbons (Fsp3) is 0.562. The fourth-order valence-electron chi connectivity index (χ4n) is 2.79. The molecule has 1 amide bonds. The molecule has 21 heavy (non-hydrogen) atoms. The summed E-state index contributed by atoms with van der Waals surface area (Å²) in [5.74, 6) is 0.0547. The topological polar surface area (TPSA) is 64.4 Å². The number of ether oxygens (including phenoxy) is 1. The number of halogens is 1. The van der Waals surface area contributed by atoms with Gasteiger partial charge in [-0.05, 0) is 37.8 Å². The molecular weight excluding hydrogens is 288 g/mol. The van der Waals surface area contributed by atoms with Crippen LogP contribution in [0.2, 0.25) is 0 Å². The molecule has 1 aromatic carbocycles. The summed E-state index contributed by atoms with van der Waals surface area (Å²) in [6, 6.07) is 8.12. The van der Waals surface area contributed by atoms with Gasteiger partial charge in [-0.15, -0.1) is 12.4 Å². The van der Waals surface area contributed by atoms with Crippen molar-refractivity contribution in [2.45, 2.75) is 32.7 Å². The molecule has 5 heteroatoms. The van der Waals surface area contributed by atoms with Gasteiger partial charge in [-0.25, -0.2) is 0 Å². The minimum Gasteiger partial charge on any atom is -0.381 e. The molecule has 1 fully saturated rings. The van der Waals surface area contributed by atoms with Gasteiger partial charge in [-0.1, -0.05) is 24.3 Å². The second kappa shape index (κ2) is 7.78. The molecule has 2 rings (SSSR count). The number of hydrogen-bond donors (Lipinski definition) is 2. The Bertz CT molecular complexity index is 473. The predicted octanol–water partition coefficient (Wildman–Crippen LogP) is 2.35. The van der Waals surface area contributed by atoms with Crippen LogP contribution in [0.3, 0.4) is 0 Å². The number of benzene rings is 1. The summed E-state index contributed by atoms with van der Waals surface area (Å²) in [5.41, 5.74) is 7.75. The highest BCUT2D eigenvalue weighted by Crippen LogP contribution is 2.30. The predicted molar refractivity (Wildman–Crippen MR) is 86.5 cm³/mol. The smallest absolute Gasteiger partial charge is 0.228 e. The van der Waals surface area contributed by atoms with Gasteiger partial charge in [0.2, 0.25) is 5.91 Å². The first-order valence-corrected chi connectivity index (χ1v) is 7.23. The van der Waals surface area contributed by atoms with Crippen molar-refractivity contribution in [1.82, 2.24) is 5.32 Å². The van der Waals surface area contributed by atoms with Crippen LogP contribution in [0.4, 0.5) is 0 Å². The van der Waals surface area contributed by atoms with E-state index in [0.717, 1.165) is 5.56 Å². The van der Waals surface area contributed by atoms with Crippen molar-refractivity contribution in [2.24, 2.45) is 11.1 Å². The first-order chi connectivity index (χ1) is 9.59. The van der Waals surface area contributed by atoms with Crippen LogP contribution in [0.25, 0.3) is 0 Å². The molecule has 0 aromatic heterocycles. The number of hydrogen-bond acceptors (Lipinski definition) is 3. The van der Waals surface area contributed by atoms with Gasteiger partial charge in [0.1, 0.15) is 0 Å². The van der Waals surface area contributed by atoms with E-state index >= 15 is 0 Å². The second-order valence-corrected chi connectivity index (χ2v) is 5.65. The van der Waals surface area contributed by atoms with Gasteiger partial charge in [-0.3, -0.25) is 4.79 Å². The molecule has 118 valence electrons. The summed E-state index contributed by atoms with van der Waals surface area (Å²) in [5, 5.41) is 3.12. The van der Waals surface area contributed by atoms with Gasteiger partial charge in [0.25, 0.3) is 0 Å². The van der Waals surface area contributed by atoms with Crippen molar-refractivity contribution in [3.63, 3.8) is 0 Å². The van der Waals surface area contributed by atoms with Crippen molar-refractivity contribution in [2.75, 3.05) is 19.8 Å². The SMILES string of the molecule is Cc1ccccc1C(C)NC(=O)C1(CN)CCOCC1.Cl. The van der Waals surface area contributed by atoms with E-state index in [0.29, 0.717) is 32.6 Å². The van der Waals surface area contributed by atoms with E-state index in [1.54, 1.807) is 0 Å². The Morgan fingerprint density at radius 2 is 2.00 bits per heavy atom. The maximum atomic E-state index is 12.6. The normalized spacial score (nSPS) is 18.4. The molecule has 0 radical (unpaired) electrons. The lowest BCUT2D eigenvalue weighted by atomic mass is 9.79. The fourth-order valence-corrected chi connectivity index (χ4v) is 2.79. The Hall–Kier alpha value is -1.10. The lowest BCUT2D eigenvalue weighted by Gasteiger charge is -2.35. The van der Waals surface area contributed by atoms with Gasteiger partial charge in [-0.2, -0.15) is 0 Å². The van der Waals surface area contributed by atoms with Crippen LogP contribution in [0, 0.1) is 12.3 Å². The average Bonchev–Trinajstić information content (AvgIpc) is 2.48. The Labute approximate surface area is 132 Å². The van der Waals surface area contributed by atoms with Crippen LogP contribution in [0.15, 0.2) is 24.3 Å². The van der Waals surface area contributed by atoms with Crippen molar-refractivity contribution in [3.05, 3.63) is 35.4 Å². The van der Waals surface area contributed by atoms with Gasteiger partial charge in [0.05, 0.1) is 11.5 Å². The first-order valence-electron chi connectivity index (χ1n) is 7.23. The number of carbonyl (C=O) groups excluding carboxylic acids is 1. The Balaban J connectivity index is 0.00000220. The molecule has 0 saturated carbocycles. The zero-order valence-electron chi connectivity index (χ0n) is 12.7. The number of amides is 1. The molecule has 1 unspecified atom stereocenters. The van der Waals surface area contributed by atoms with Crippen molar-refractivity contribution < 1.29 is 9.53 Å². The molecule has 4 nitrogen and oxygen atoms in total. The number of aryl methyl sites for hydroxylation is 1. The Kier molecular flexibility index (Phi) is 6.65. The lowest BCUT2D eigenvalue weighted by Crippen LogP contribution is -2.49. The molecule has 1 atom stereocenters. The molecular formula is C16H25ClN2O2. The second-order valence-electron chi connectivity index (χ2n) is 5.65. The third-order valence-corrected chi connectivity index (χ3v) is 4.32. The molecule has 1 aromatic rings. The maximum absolute atomic E-state index is 12.6. The van der Waals surface area contributed by atoms with Crippen LogP contribution in [0.5, 0.6) is 0 Å². The van der Waals surface area contributed by atoms with E-state index in [-0.39, 0.29) is 24.4 Å². The van der Waals surface area contributed by atoms with Gasteiger partial charge >= 0.3 is 0 Å². The van der Waals surface area contributed by atoms with E-state index in [2.05, 4.69) is 24.4 Å². The van der Waals surface area contributed by atoms with E-state index < -0.39 is 5.41 Å². The number of nitrogens with one attached hydrogen (secondary N) is 1. The molecule has 1 aliphatic heterocycles. The monoisotopic (exact) mass is 312 g/mol. The van der Waals surface area contributed by atoms with Crippen LogP contribution in [-0.2, 0) is 9.53 Å². The molecule has 3 N–H and O–H groups in total. The molecule has 1 saturated heterocycles. The summed E-state index contributed by atoms with van der Waals surface area (Å²) in [7, 11) is 0. The van der Waals surface area contributed by atoms with Crippen LogP contribution >= 0.6 is 12.4 Å². The molecule has 1 heterocycles. The van der Waals surface area contributed by atoms with Gasteiger partial charge in [0, 0.05) is 19.8 Å².